The second-order valence-corrected chi connectivity index (χ2v) is 16.4. The van der Waals surface area contributed by atoms with Crippen LogP contribution in [0.3, 0.4) is 0 Å². The van der Waals surface area contributed by atoms with Gasteiger partial charge >= 0.3 is 0 Å². The Morgan fingerprint density at radius 2 is 1.53 bits per heavy atom. The zero-order valence-electron chi connectivity index (χ0n) is 33.6. The summed E-state index contributed by atoms with van der Waals surface area (Å²) in [6.45, 7) is 5.47. The summed E-state index contributed by atoms with van der Waals surface area (Å²) in [5.41, 5.74) is 6.09. The topological polar surface area (TPSA) is 139 Å². The second kappa shape index (κ2) is 16.9. The quantitative estimate of drug-likeness (QED) is 0.0952. The minimum Gasteiger partial charge on any atom is -0.474 e. The molecule has 0 radical (unpaired) electrons. The fourth-order valence-electron chi connectivity index (χ4n) is 9.05. The molecule has 2 saturated heterocycles. The monoisotopic (exact) mass is 797 g/mol. The van der Waals surface area contributed by atoms with E-state index in [9.17, 15) is 19.2 Å². The molecule has 1 N–H and O–H groups in total. The van der Waals surface area contributed by atoms with Gasteiger partial charge in [-0.1, -0.05) is 37.8 Å². The number of unbranched alkanes of at least 4 members (excludes halogenated alkanes) is 5. The molecular formula is C46H51N7O6. The molecule has 1 aliphatic carbocycles. The summed E-state index contributed by atoms with van der Waals surface area (Å²) in [5.74, 6) is -1.25. The van der Waals surface area contributed by atoms with Crippen LogP contribution in [-0.4, -0.2) is 106 Å². The summed E-state index contributed by atoms with van der Waals surface area (Å²) in [5, 5.41) is 4.61. The zero-order valence-corrected chi connectivity index (χ0v) is 33.6. The van der Waals surface area contributed by atoms with Crippen molar-refractivity contribution in [3.05, 3.63) is 84.3 Å². The Labute approximate surface area is 343 Å². The van der Waals surface area contributed by atoms with Crippen LogP contribution >= 0.6 is 0 Å². The van der Waals surface area contributed by atoms with Crippen molar-refractivity contribution in [1.29, 1.82) is 0 Å². The molecule has 0 bridgehead atoms. The van der Waals surface area contributed by atoms with Crippen LogP contribution < -0.4 is 15.0 Å². The number of benzene rings is 2. The average molecular weight is 798 g/mol. The molecule has 5 aromatic rings. The number of carbonyl (C=O) groups excluding carboxylic acids is 4. The summed E-state index contributed by atoms with van der Waals surface area (Å²) >= 11 is 0. The van der Waals surface area contributed by atoms with Crippen LogP contribution in [0.4, 0.5) is 5.69 Å². The molecule has 0 spiro atoms. The second-order valence-electron chi connectivity index (χ2n) is 16.4. The summed E-state index contributed by atoms with van der Waals surface area (Å²) in [4.78, 5) is 65.0. The molecule has 9 rings (SSSR count). The Bertz CT molecular complexity index is 2380. The van der Waals surface area contributed by atoms with Gasteiger partial charge in [-0.2, -0.15) is 0 Å². The van der Waals surface area contributed by atoms with Gasteiger partial charge in [0.1, 0.15) is 12.1 Å². The summed E-state index contributed by atoms with van der Waals surface area (Å²) < 4.78 is 14.5. The Morgan fingerprint density at radius 1 is 0.746 bits per heavy atom. The highest BCUT2D eigenvalue weighted by molar-refractivity contribution is 6.23. The number of rotatable bonds is 15. The minimum atomic E-state index is -0.952. The first-order valence-corrected chi connectivity index (χ1v) is 21.2. The maximum absolute atomic E-state index is 13.3. The fraction of sp³-hybridized carbons (Fsp3) is 0.435. The third-order valence-electron chi connectivity index (χ3n) is 12.6. The number of pyridine rings is 2. The van der Waals surface area contributed by atoms with Crippen LogP contribution in [-0.2, 0) is 21.4 Å². The number of piperidine rings is 1. The number of nitrogens with one attached hydrogen (secondary N) is 1. The molecule has 13 nitrogen and oxygen atoms in total. The molecule has 1 atom stereocenters. The van der Waals surface area contributed by atoms with Crippen LogP contribution in [0.2, 0.25) is 0 Å². The predicted octanol–water partition coefficient (Wildman–Crippen LogP) is 6.28. The van der Waals surface area contributed by atoms with Crippen LogP contribution in [0.25, 0.3) is 32.9 Å². The SMILES string of the molecule is Cn1c2ccncc2c2ccc(-c3ccc(OC4CC(OCCCCCCCCN5CCN(c6ccc7c(c6)C(=O)N(C6CCC(=O)NC6=O)C7=O)CC5)C4)nc3)cc21. The number of ether oxygens (including phenoxy) is 2. The number of aryl methyl sites for hydroxylation is 1. The molecule has 59 heavy (non-hydrogen) atoms. The van der Waals surface area contributed by atoms with Gasteiger partial charge in [0.2, 0.25) is 17.7 Å². The maximum Gasteiger partial charge on any atom is 0.262 e. The van der Waals surface area contributed by atoms with Crippen molar-refractivity contribution in [2.24, 2.45) is 7.05 Å². The van der Waals surface area contributed by atoms with Gasteiger partial charge < -0.3 is 18.9 Å². The van der Waals surface area contributed by atoms with Crippen LogP contribution in [0.5, 0.6) is 5.88 Å². The van der Waals surface area contributed by atoms with E-state index in [1.165, 1.54) is 48.5 Å². The van der Waals surface area contributed by atoms with Crippen molar-refractivity contribution in [3.63, 3.8) is 0 Å². The first-order chi connectivity index (χ1) is 28.8. The number of anilines is 1. The van der Waals surface area contributed by atoms with Gasteiger partial charge in [0, 0.05) is 111 Å². The number of imide groups is 2. The number of hydrogen-bond acceptors (Lipinski definition) is 10. The first-order valence-electron chi connectivity index (χ1n) is 21.2. The van der Waals surface area contributed by atoms with Gasteiger partial charge in [0.15, 0.2) is 0 Å². The van der Waals surface area contributed by atoms with E-state index in [-0.39, 0.29) is 31.0 Å². The molecule has 2 aromatic carbocycles. The summed E-state index contributed by atoms with van der Waals surface area (Å²) in [7, 11) is 2.09. The third kappa shape index (κ3) is 8.05. The lowest BCUT2D eigenvalue weighted by Gasteiger charge is -2.36. The fourth-order valence-corrected chi connectivity index (χ4v) is 9.05. The number of nitrogens with zero attached hydrogens (tertiary/aromatic N) is 6. The Balaban J connectivity index is 0.616. The molecule has 13 heteroatoms. The minimum absolute atomic E-state index is 0.107. The number of carbonyl (C=O) groups is 4. The Morgan fingerprint density at radius 3 is 2.32 bits per heavy atom. The highest BCUT2D eigenvalue weighted by atomic mass is 16.5. The molecule has 3 aromatic heterocycles. The van der Waals surface area contributed by atoms with Gasteiger partial charge in [-0.05, 0) is 67.8 Å². The number of piperazine rings is 1. The van der Waals surface area contributed by atoms with Gasteiger partial charge in [-0.15, -0.1) is 0 Å². The number of amides is 4. The van der Waals surface area contributed by atoms with Gasteiger partial charge in [0.05, 0.1) is 22.7 Å². The van der Waals surface area contributed by atoms with Gasteiger partial charge in [0.25, 0.3) is 11.8 Å². The van der Waals surface area contributed by atoms with Crippen molar-refractivity contribution in [3.8, 4) is 17.0 Å². The summed E-state index contributed by atoms with van der Waals surface area (Å²) in [6.07, 6.45) is 15.3. The highest BCUT2D eigenvalue weighted by Gasteiger charge is 2.45. The van der Waals surface area contributed by atoms with E-state index in [0.717, 1.165) is 85.7 Å². The smallest absolute Gasteiger partial charge is 0.262 e. The first kappa shape index (κ1) is 38.8. The standard InChI is InChI=1S/C46H51N7O6/c1-50-39-16-17-47-29-38(39)35-11-8-30(24-41(35)50)31-9-15-43(48-28-31)59-34-26-33(27-34)58-23-7-5-3-2-4-6-18-51-19-21-52(22-20-51)32-10-12-36-37(25-32)46(57)53(45(36)56)40-13-14-42(54)49-44(40)55/h8-12,15-17,24-25,28-29,33-34,40H,2-7,13-14,18-23,26-27H2,1H3,(H,49,54,55). The molecule has 3 fully saturated rings. The zero-order chi connectivity index (χ0) is 40.5. The van der Waals surface area contributed by atoms with Crippen molar-refractivity contribution >= 4 is 51.1 Å². The largest absolute Gasteiger partial charge is 0.474 e. The van der Waals surface area contributed by atoms with E-state index in [1.54, 1.807) is 12.1 Å². The molecule has 4 aliphatic rings. The molecule has 6 heterocycles. The number of hydrogen-bond donors (Lipinski definition) is 1. The van der Waals surface area contributed by atoms with E-state index >= 15 is 0 Å². The van der Waals surface area contributed by atoms with Crippen molar-refractivity contribution in [2.45, 2.75) is 82.5 Å². The Hall–Kier alpha value is -5.66. The number of fused-ring (bicyclic) bond motifs is 4. The molecule has 3 aliphatic heterocycles. The van der Waals surface area contributed by atoms with E-state index in [4.69, 9.17) is 9.47 Å². The van der Waals surface area contributed by atoms with Crippen molar-refractivity contribution in [2.75, 3.05) is 44.2 Å². The molecule has 1 saturated carbocycles. The third-order valence-corrected chi connectivity index (χ3v) is 12.6. The Kier molecular flexibility index (Phi) is 11.1. The summed E-state index contributed by atoms with van der Waals surface area (Å²) in [6, 6.07) is 17.0. The van der Waals surface area contributed by atoms with E-state index in [1.807, 2.05) is 30.7 Å². The van der Waals surface area contributed by atoms with E-state index in [2.05, 4.69) is 67.0 Å². The lowest BCUT2D eigenvalue weighted by atomic mass is 9.92. The highest BCUT2D eigenvalue weighted by Crippen LogP contribution is 2.34. The number of aromatic nitrogens is 3. The normalized spacial score (nSPS) is 21.0. The van der Waals surface area contributed by atoms with Gasteiger partial charge in [-0.3, -0.25) is 39.3 Å². The van der Waals surface area contributed by atoms with Crippen LogP contribution in [0, 0.1) is 0 Å². The van der Waals surface area contributed by atoms with E-state index in [0.29, 0.717) is 17.0 Å². The van der Waals surface area contributed by atoms with Crippen molar-refractivity contribution in [1.82, 2.24) is 29.7 Å². The predicted molar refractivity (Wildman–Crippen MR) is 224 cm³/mol. The van der Waals surface area contributed by atoms with Crippen LogP contribution in [0.1, 0.15) is 84.9 Å². The van der Waals surface area contributed by atoms with Crippen molar-refractivity contribution < 1.29 is 28.7 Å². The van der Waals surface area contributed by atoms with Crippen LogP contribution in [0.15, 0.2) is 73.2 Å². The average Bonchev–Trinajstić information content (AvgIpc) is 3.67. The molecule has 1 unspecified atom stereocenters. The molecule has 306 valence electrons. The lowest BCUT2D eigenvalue weighted by molar-refractivity contribution is -0.136. The molecular weight excluding hydrogens is 747 g/mol. The lowest BCUT2D eigenvalue weighted by Crippen LogP contribution is -2.54. The van der Waals surface area contributed by atoms with E-state index < -0.39 is 23.8 Å². The maximum atomic E-state index is 13.3. The molecule has 4 amide bonds. The van der Waals surface area contributed by atoms with Gasteiger partial charge in [-0.25, -0.2) is 4.98 Å².